The molecule has 0 radical (unpaired) electrons. The van der Waals surface area contributed by atoms with Crippen molar-refractivity contribution in [2.24, 2.45) is 10.9 Å². The summed E-state index contributed by atoms with van der Waals surface area (Å²) in [4.78, 5) is 21.7. The van der Waals surface area contributed by atoms with Crippen molar-refractivity contribution in [2.75, 3.05) is 32.0 Å². The van der Waals surface area contributed by atoms with Crippen molar-refractivity contribution in [1.82, 2.24) is 9.80 Å². The summed E-state index contributed by atoms with van der Waals surface area (Å²) in [6.07, 6.45) is 4.24. The van der Waals surface area contributed by atoms with E-state index in [2.05, 4.69) is 34.5 Å². The first-order valence-corrected chi connectivity index (χ1v) is 10.6. The van der Waals surface area contributed by atoms with Crippen LogP contribution in [0.1, 0.15) is 37.3 Å². The number of para-hydroxylation sites is 1. The molecule has 6 heteroatoms. The van der Waals surface area contributed by atoms with E-state index in [0.29, 0.717) is 13.0 Å². The van der Waals surface area contributed by atoms with Gasteiger partial charge in [0.05, 0.1) is 6.04 Å². The SMILES string of the molecule is CN1C(=O)CC(CN=C(Nc2ccccc2)N2CCCCC2)C1c1ccccc1.I. The second-order valence-electron chi connectivity index (χ2n) is 8.03. The molecule has 30 heavy (non-hydrogen) atoms. The number of carbonyl (C=O) groups is 1. The van der Waals surface area contributed by atoms with Crippen LogP contribution in [0.15, 0.2) is 65.7 Å². The van der Waals surface area contributed by atoms with Crippen molar-refractivity contribution in [2.45, 2.75) is 31.7 Å². The number of aliphatic imine (C=N–C) groups is 1. The monoisotopic (exact) mass is 518 g/mol. The van der Waals surface area contributed by atoms with E-state index in [-0.39, 0.29) is 41.8 Å². The van der Waals surface area contributed by atoms with Crippen molar-refractivity contribution in [3.05, 3.63) is 66.2 Å². The number of hydrogen-bond donors (Lipinski definition) is 1. The summed E-state index contributed by atoms with van der Waals surface area (Å²) in [6.45, 7) is 2.70. The lowest BCUT2D eigenvalue weighted by atomic mass is 9.94. The van der Waals surface area contributed by atoms with Gasteiger partial charge in [-0.2, -0.15) is 0 Å². The largest absolute Gasteiger partial charge is 0.343 e. The summed E-state index contributed by atoms with van der Waals surface area (Å²) in [6, 6.07) is 20.7. The highest BCUT2D eigenvalue weighted by atomic mass is 127. The molecule has 2 aromatic rings. The van der Waals surface area contributed by atoms with Crippen molar-refractivity contribution < 1.29 is 4.79 Å². The van der Waals surface area contributed by atoms with Crippen LogP contribution in [0, 0.1) is 5.92 Å². The fourth-order valence-electron chi connectivity index (χ4n) is 4.44. The van der Waals surface area contributed by atoms with Crippen LogP contribution in [0.3, 0.4) is 0 Å². The molecule has 2 heterocycles. The number of hydrogen-bond acceptors (Lipinski definition) is 2. The molecule has 4 rings (SSSR count). The molecule has 2 aliphatic rings. The van der Waals surface area contributed by atoms with Gasteiger partial charge >= 0.3 is 0 Å². The predicted molar refractivity (Wildman–Crippen MR) is 133 cm³/mol. The Morgan fingerprint density at radius 3 is 2.30 bits per heavy atom. The molecule has 0 spiro atoms. The number of carbonyl (C=O) groups excluding carboxylic acids is 1. The van der Waals surface area contributed by atoms with Crippen molar-refractivity contribution >= 4 is 41.5 Å². The summed E-state index contributed by atoms with van der Waals surface area (Å²) >= 11 is 0. The Balaban J connectivity index is 0.00000256. The Morgan fingerprint density at radius 1 is 1.00 bits per heavy atom. The number of amides is 1. The highest BCUT2D eigenvalue weighted by Crippen LogP contribution is 2.37. The van der Waals surface area contributed by atoms with Crippen molar-refractivity contribution in [3.63, 3.8) is 0 Å². The molecular weight excluding hydrogens is 487 g/mol. The molecule has 2 aliphatic heterocycles. The maximum absolute atomic E-state index is 12.5. The standard InChI is InChI=1S/C24H30N4O.HI/c1-27-22(29)17-20(23(27)19-11-5-2-6-12-19)18-25-24(28-15-9-4-10-16-28)26-21-13-7-3-8-14-21;/h2-3,5-8,11-14,20,23H,4,9-10,15-18H2,1H3,(H,25,26);1H. The Bertz CT molecular complexity index is 837. The highest BCUT2D eigenvalue weighted by molar-refractivity contribution is 14.0. The van der Waals surface area contributed by atoms with Crippen LogP contribution >= 0.6 is 24.0 Å². The van der Waals surface area contributed by atoms with E-state index in [4.69, 9.17) is 4.99 Å². The van der Waals surface area contributed by atoms with Crippen LogP contribution in [-0.4, -0.2) is 48.3 Å². The number of halogens is 1. The average Bonchev–Trinajstić information content (AvgIpc) is 3.06. The van der Waals surface area contributed by atoms with Crippen LogP contribution in [0.2, 0.25) is 0 Å². The van der Waals surface area contributed by atoms with E-state index in [9.17, 15) is 4.79 Å². The summed E-state index contributed by atoms with van der Waals surface area (Å²) in [5.41, 5.74) is 2.24. The minimum absolute atomic E-state index is 0. The summed E-state index contributed by atoms with van der Waals surface area (Å²) in [5, 5.41) is 3.53. The van der Waals surface area contributed by atoms with E-state index in [1.165, 1.54) is 24.8 Å². The molecule has 160 valence electrons. The maximum atomic E-state index is 12.5. The summed E-state index contributed by atoms with van der Waals surface area (Å²) in [5.74, 6) is 1.33. The van der Waals surface area contributed by atoms with Gasteiger partial charge in [0, 0.05) is 44.7 Å². The lowest BCUT2D eigenvalue weighted by Crippen LogP contribution is -2.40. The number of piperidine rings is 1. The number of nitrogens with one attached hydrogen (secondary N) is 1. The molecule has 1 amide bonds. The van der Waals surface area contributed by atoms with Crippen molar-refractivity contribution in [3.8, 4) is 0 Å². The topological polar surface area (TPSA) is 47.9 Å². The van der Waals surface area contributed by atoms with Crippen LogP contribution in [-0.2, 0) is 4.79 Å². The molecule has 0 aromatic heterocycles. The van der Waals surface area contributed by atoms with Crippen LogP contribution in [0.4, 0.5) is 5.69 Å². The van der Waals surface area contributed by atoms with E-state index in [1.54, 1.807) is 0 Å². The van der Waals surface area contributed by atoms with E-state index >= 15 is 0 Å². The van der Waals surface area contributed by atoms with Crippen LogP contribution in [0.25, 0.3) is 0 Å². The van der Waals surface area contributed by atoms with Crippen molar-refractivity contribution in [1.29, 1.82) is 0 Å². The van der Waals surface area contributed by atoms with Gasteiger partial charge in [-0.05, 0) is 37.0 Å². The van der Waals surface area contributed by atoms with E-state index < -0.39 is 0 Å². The Morgan fingerprint density at radius 2 is 1.63 bits per heavy atom. The third kappa shape index (κ3) is 5.33. The van der Waals surface area contributed by atoms with Gasteiger partial charge < -0.3 is 15.1 Å². The first-order valence-electron chi connectivity index (χ1n) is 10.6. The summed E-state index contributed by atoms with van der Waals surface area (Å²) in [7, 11) is 1.91. The molecule has 2 saturated heterocycles. The molecule has 0 saturated carbocycles. The zero-order valence-corrected chi connectivity index (χ0v) is 19.9. The Labute approximate surface area is 196 Å². The van der Waals surface area contributed by atoms with Gasteiger partial charge in [-0.1, -0.05) is 48.5 Å². The second-order valence-corrected chi connectivity index (χ2v) is 8.03. The summed E-state index contributed by atoms with van der Waals surface area (Å²) < 4.78 is 0. The Kier molecular flexibility index (Phi) is 8.13. The fraction of sp³-hybridized carbons (Fsp3) is 0.417. The molecule has 2 aromatic carbocycles. The van der Waals surface area contributed by atoms with Gasteiger partial charge in [-0.3, -0.25) is 9.79 Å². The number of rotatable bonds is 4. The molecule has 0 aliphatic carbocycles. The Hall–Kier alpha value is -2.09. The number of guanidine groups is 1. The smallest absolute Gasteiger partial charge is 0.223 e. The molecule has 0 bridgehead atoms. The number of anilines is 1. The minimum atomic E-state index is 0. The van der Waals surface area contributed by atoms with Gasteiger partial charge in [0.25, 0.3) is 0 Å². The zero-order valence-electron chi connectivity index (χ0n) is 17.5. The minimum Gasteiger partial charge on any atom is -0.343 e. The van der Waals surface area contributed by atoms with Gasteiger partial charge in [0.1, 0.15) is 0 Å². The third-order valence-electron chi connectivity index (χ3n) is 6.00. The first kappa shape index (κ1) is 22.6. The number of benzene rings is 2. The normalized spacial score (nSPS) is 22.0. The number of likely N-dealkylation sites (tertiary alicyclic amines) is 2. The molecular formula is C24H31IN4O. The van der Waals surface area contributed by atoms with Gasteiger partial charge in [0.15, 0.2) is 5.96 Å². The second kappa shape index (κ2) is 10.8. The lowest BCUT2D eigenvalue weighted by molar-refractivity contribution is -0.127. The van der Waals surface area contributed by atoms with Gasteiger partial charge in [-0.15, -0.1) is 24.0 Å². The van der Waals surface area contributed by atoms with Gasteiger partial charge in [0.2, 0.25) is 5.91 Å². The quantitative estimate of drug-likeness (QED) is 0.360. The molecule has 2 fully saturated rings. The molecule has 2 atom stereocenters. The van der Waals surface area contributed by atoms with Gasteiger partial charge in [-0.25, -0.2) is 0 Å². The lowest BCUT2D eigenvalue weighted by Gasteiger charge is -2.31. The molecule has 5 nitrogen and oxygen atoms in total. The average molecular weight is 518 g/mol. The number of nitrogens with zero attached hydrogens (tertiary/aromatic N) is 3. The zero-order chi connectivity index (χ0) is 20.1. The molecule has 2 unspecified atom stereocenters. The van der Waals surface area contributed by atoms with E-state index in [0.717, 1.165) is 24.7 Å². The predicted octanol–water partition coefficient (Wildman–Crippen LogP) is 4.78. The maximum Gasteiger partial charge on any atom is 0.223 e. The highest BCUT2D eigenvalue weighted by Gasteiger charge is 2.38. The molecule has 1 N–H and O–H groups in total. The fourth-order valence-corrected chi connectivity index (χ4v) is 4.44. The first-order chi connectivity index (χ1) is 14.2. The van der Waals surface area contributed by atoms with E-state index in [1.807, 2.05) is 48.3 Å². The third-order valence-corrected chi connectivity index (χ3v) is 6.00. The van der Waals surface area contributed by atoms with Crippen LogP contribution < -0.4 is 5.32 Å². The van der Waals surface area contributed by atoms with Crippen LogP contribution in [0.5, 0.6) is 0 Å².